The van der Waals surface area contributed by atoms with Crippen LogP contribution < -0.4 is 5.32 Å². The molecule has 0 radical (unpaired) electrons. The molecule has 1 aromatic carbocycles. The van der Waals surface area contributed by atoms with E-state index < -0.39 is 0 Å². The molecule has 0 saturated carbocycles. The van der Waals surface area contributed by atoms with Crippen LogP contribution in [-0.2, 0) is 0 Å². The normalized spacial score (nSPS) is 14.5. The standard InChI is InChI=1S/C16H19ClFNS/c1-10(2)16(15-5-4-8-20-15)19-11(3)13-7-6-12(18)9-14(13)17/h4-11,16,19H,1-3H3. The first-order valence-corrected chi connectivity index (χ1v) is 7.99. The molecule has 108 valence electrons. The van der Waals surface area contributed by atoms with Gasteiger partial charge in [-0.3, -0.25) is 0 Å². The summed E-state index contributed by atoms with van der Waals surface area (Å²) in [5.74, 6) is 0.167. The molecule has 0 amide bonds. The van der Waals surface area contributed by atoms with Crippen molar-refractivity contribution in [2.24, 2.45) is 5.92 Å². The molecule has 1 N–H and O–H groups in total. The monoisotopic (exact) mass is 311 g/mol. The van der Waals surface area contributed by atoms with Gasteiger partial charge in [0.15, 0.2) is 0 Å². The lowest BCUT2D eigenvalue weighted by Crippen LogP contribution is -2.28. The van der Waals surface area contributed by atoms with Crippen molar-refractivity contribution >= 4 is 22.9 Å². The van der Waals surface area contributed by atoms with E-state index in [1.54, 1.807) is 17.4 Å². The molecule has 2 aromatic rings. The van der Waals surface area contributed by atoms with E-state index in [2.05, 4.69) is 43.6 Å². The fourth-order valence-corrected chi connectivity index (χ4v) is 3.57. The maximum absolute atomic E-state index is 13.1. The Morgan fingerprint density at radius 3 is 2.50 bits per heavy atom. The van der Waals surface area contributed by atoms with Gasteiger partial charge in [0.25, 0.3) is 0 Å². The van der Waals surface area contributed by atoms with E-state index in [1.165, 1.54) is 17.0 Å². The second kappa shape index (κ2) is 6.70. The van der Waals surface area contributed by atoms with Gasteiger partial charge in [-0.25, -0.2) is 4.39 Å². The molecular weight excluding hydrogens is 293 g/mol. The van der Waals surface area contributed by atoms with Crippen molar-refractivity contribution in [3.8, 4) is 0 Å². The van der Waals surface area contributed by atoms with Gasteiger partial charge < -0.3 is 5.32 Å². The van der Waals surface area contributed by atoms with E-state index in [4.69, 9.17) is 11.6 Å². The summed E-state index contributed by atoms with van der Waals surface area (Å²) < 4.78 is 13.1. The predicted molar refractivity (Wildman–Crippen MR) is 84.9 cm³/mol. The predicted octanol–water partition coefficient (Wildman–Crippen LogP) is 5.59. The van der Waals surface area contributed by atoms with Crippen LogP contribution in [0, 0.1) is 11.7 Å². The summed E-state index contributed by atoms with van der Waals surface area (Å²) in [6.07, 6.45) is 0. The number of rotatable bonds is 5. The average Bonchev–Trinajstić information content (AvgIpc) is 2.88. The minimum Gasteiger partial charge on any atom is -0.302 e. The van der Waals surface area contributed by atoms with E-state index in [-0.39, 0.29) is 17.9 Å². The lowest BCUT2D eigenvalue weighted by molar-refractivity contribution is 0.379. The maximum atomic E-state index is 13.1. The van der Waals surface area contributed by atoms with Gasteiger partial charge in [0.2, 0.25) is 0 Å². The van der Waals surface area contributed by atoms with Crippen molar-refractivity contribution in [1.29, 1.82) is 0 Å². The molecule has 2 atom stereocenters. The van der Waals surface area contributed by atoms with Crippen LogP contribution in [0.25, 0.3) is 0 Å². The molecule has 4 heteroatoms. The Bertz CT molecular complexity index is 554. The Balaban J connectivity index is 2.18. The third kappa shape index (κ3) is 3.60. The number of benzene rings is 1. The second-order valence-corrected chi connectivity index (χ2v) is 6.68. The summed E-state index contributed by atoms with van der Waals surface area (Å²) in [5, 5.41) is 6.16. The molecule has 1 heterocycles. The van der Waals surface area contributed by atoms with Gasteiger partial charge in [0.05, 0.1) is 0 Å². The zero-order valence-corrected chi connectivity index (χ0v) is 13.4. The van der Waals surface area contributed by atoms with Crippen molar-refractivity contribution in [1.82, 2.24) is 5.32 Å². The highest BCUT2D eigenvalue weighted by Crippen LogP contribution is 2.31. The smallest absolute Gasteiger partial charge is 0.124 e. The minimum absolute atomic E-state index is 0.0672. The molecule has 0 saturated heterocycles. The highest BCUT2D eigenvalue weighted by Gasteiger charge is 2.20. The molecule has 20 heavy (non-hydrogen) atoms. The Kier molecular flexibility index (Phi) is 5.19. The maximum Gasteiger partial charge on any atom is 0.124 e. The molecule has 0 aliphatic carbocycles. The van der Waals surface area contributed by atoms with Gasteiger partial charge >= 0.3 is 0 Å². The third-order valence-corrected chi connectivity index (χ3v) is 4.66. The van der Waals surface area contributed by atoms with Crippen LogP contribution in [-0.4, -0.2) is 0 Å². The van der Waals surface area contributed by atoms with Crippen LogP contribution in [0.5, 0.6) is 0 Å². The summed E-state index contributed by atoms with van der Waals surface area (Å²) in [5.41, 5.74) is 0.926. The van der Waals surface area contributed by atoms with Crippen LogP contribution in [0.2, 0.25) is 5.02 Å². The van der Waals surface area contributed by atoms with Crippen molar-refractivity contribution in [2.75, 3.05) is 0 Å². The van der Waals surface area contributed by atoms with Gasteiger partial charge in [-0.05, 0) is 42.0 Å². The van der Waals surface area contributed by atoms with Crippen molar-refractivity contribution in [2.45, 2.75) is 32.9 Å². The molecule has 0 fully saturated rings. The molecule has 2 rings (SSSR count). The Morgan fingerprint density at radius 1 is 1.20 bits per heavy atom. The molecule has 0 aliphatic rings. The summed E-state index contributed by atoms with van der Waals surface area (Å²) in [4.78, 5) is 1.31. The van der Waals surface area contributed by atoms with Crippen LogP contribution >= 0.6 is 22.9 Å². The quantitative estimate of drug-likeness (QED) is 0.759. The highest BCUT2D eigenvalue weighted by molar-refractivity contribution is 7.10. The van der Waals surface area contributed by atoms with Crippen molar-refractivity contribution in [3.63, 3.8) is 0 Å². The van der Waals surface area contributed by atoms with Crippen LogP contribution in [0.15, 0.2) is 35.7 Å². The van der Waals surface area contributed by atoms with Crippen LogP contribution in [0.4, 0.5) is 4.39 Å². The first-order chi connectivity index (χ1) is 9.49. The van der Waals surface area contributed by atoms with Gasteiger partial charge in [-0.1, -0.05) is 37.6 Å². The second-order valence-electron chi connectivity index (χ2n) is 5.29. The lowest BCUT2D eigenvalue weighted by Gasteiger charge is -2.26. The summed E-state index contributed by atoms with van der Waals surface area (Å²) in [6.45, 7) is 6.44. The zero-order valence-electron chi connectivity index (χ0n) is 11.9. The Morgan fingerprint density at radius 2 is 1.95 bits per heavy atom. The Labute approximate surface area is 128 Å². The number of hydrogen-bond donors (Lipinski definition) is 1. The van der Waals surface area contributed by atoms with E-state index >= 15 is 0 Å². The number of thiophene rings is 1. The first kappa shape index (κ1) is 15.5. The molecular formula is C16H19ClFNS. The van der Waals surface area contributed by atoms with Crippen molar-refractivity contribution < 1.29 is 4.39 Å². The van der Waals surface area contributed by atoms with Gasteiger partial charge in [0, 0.05) is 22.0 Å². The number of halogens is 2. The van der Waals surface area contributed by atoms with Crippen LogP contribution in [0.1, 0.15) is 43.3 Å². The fourth-order valence-electron chi connectivity index (χ4n) is 2.28. The largest absolute Gasteiger partial charge is 0.302 e. The molecule has 2 unspecified atom stereocenters. The van der Waals surface area contributed by atoms with Crippen LogP contribution in [0.3, 0.4) is 0 Å². The molecule has 0 bridgehead atoms. The van der Waals surface area contributed by atoms with E-state index in [0.29, 0.717) is 10.9 Å². The topological polar surface area (TPSA) is 12.0 Å². The summed E-state index contributed by atoms with van der Waals surface area (Å²) in [6, 6.07) is 9.11. The van der Waals surface area contributed by atoms with Gasteiger partial charge in [0.1, 0.15) is 5.82 Å². The highest BCUT2D eigenvalue weighted by atomic mass is 35.5. The average molecular weight is 312 g/mol. The molecule has 1 nitrogen and oxygen atoms in total. The SMILES string of the molecule is CC(NC(c1cccs1)C(C)C)c1ccc(F)cc1Cl. The Hall–Kier alpha value is -0.900. The number of nitrogens with one attached hydrogen (secondary N) is 1. The zero-order chi connectivity index (χ0) is 14.7. The van der Waals surface area contributed by atoms with Gasteiger partial charge in [-0.2, -0.15) is 0 Å². The lowest BCUT2D eigenvalue weighted by atomic mass is 9.99. The van der Waals surface area contributed by atoms with E-state index in [0.717, 1.165) is 5.56 Å². The van der Waals surface area contributed by atoms with E-state index in [1.807, 2.05) is 0 Å². The molecule has 1 aromatic heterocycles. The van der Waals surface area contributed by atoms with Gasteiger partial charge in [-0.15, -0.1) is 11.3 Å². The minimum atomic E-state index is -0.301. The molecule has 0 aliphatic heterocycles. The summed E-state index contributed by atoms with van der Waals surface area (Å²) in [7, 11) is 0. The fraction of sp³-hybridized carbons (Fsp3) is 0.375. The van der Waals surface area contributed by atoms with E-state index in [9.17, 15) is 4.39 Å². The molecule has 0 spiro atoms. The van der Waals surface area contributed by atoms with Crippen molar-refractivity contribution in [3.05, 3.63) is 57.0 Å². The number of hydrogen-bond acceptors (Lipinski definition) is 2. The summed E-state index contributed by atoms with van der Waals surface area (Å²) >= 11 is 7.88. The first-order valence-electron chi connectivity index (χ1n) is 6.73. The third-order valence-electron chi connectivity index (χ3n) is 3.37.